The van der Waals surface area contributed by atoms with Gasteiger partial charge in [0, 0.05) is 19.4 Å². The number of aryl methyl sites for hydroxylation is 1. The molecule has 0 saturated carbocycles. The Hall–Kier alpha value is -0.223. The van der Waals surface area contributed by atoms with Gasteiger partial charge in [-0.1, -0.05) is 31.4 Å². The Bertz CT molecular complexity index is 252. The summed E-state index contributed by atoms with van der Waals surface area (Å²) in [5, 5.41) is 2.38. The zero-order valence-corrected chi connectivity index (χ0v) is 9.98. The van der Waals surface area contributed by atoms with Crippen molar-refractivity contribution in [2.75, 3.05) is 5.38 Å². The molecule has 0 amide bonds. The minimum atomic E-state index is -0.927. The van der Waals surface area contributed by atoms with Crippen molar-refractivity contribution in [3.05, 3.63) is 12.4 Å². The highest BCUT2D eigenvalue weighted by molar-refractivity contribution is 8.00. The maximum atomic E-state index is 4.27. The monoisotopic (exact) mass is 200 g/mol. The van der Waals surface area contributed by atoms with Gasteiger partial charge in [-0.3, -0.25) is 0 Å². The minimum Gasteiger partial charge on any atom is -0.329 e. The van der Waals surface area contributed by atoms with Crippen LogP contribution in [0.25, 0.3) is 0 Å². The Morgan fingerprint density at radius 3 is 2.58 bits per heavy atom. The molecule has 12 heavy (non-hydrogen) atoms. The number of hydrogen-bond acceptors (Lipinski definition) is 2. The summed E-state index contributed by atoms with van der Waals surface area (Å²) in [6.07, 6.45) is 3.85. The largest absolute Gasteiger partial charge is 0.329 e. The zero-order chi connectivity index (χ0) is 9.19. The molecule has 0 N–H and O–H groups in total. The van der Waals surface area contributed by atoms with Crippen molar-refractivity contribution in [2.24, 2.45) is 7.05 Å². The molecular weight excluding hydrogens is 184 g/mol. The van der Waals surface area contributed by atoms with Crippen molar-refractivity contribution in [1.29, 1.82) is 0 Å². The second-order valence-electron chi connectivity index (χ2n) is 4.17. The Morgan fingerprint density at radius 1 is 1.50 bits per heavy atom. The molecule has 1 aromatic heterocycles. The third-order valence-electron chi connectivity index (χ3n) is 1.41. The lowest BCUT2D eigenvalue weighted by atomic mass is 10.9. The molecule has 0 aliphatic carbocycles. The highest BCUT2D eigenvalue weighted by Crippen LogP contribution is 2.19. The van der Waals surface area contributed by atoms with Gasteiger partial charge in [0.05, 0.1) is 8.07 Å². The lowest BCUT2D eigenvalue weighted by Crippen LogP contribution is -2.24. The summed E-state index contributed by atoms with van der Waals surface area (Å²) >= 11 is 1.87. The average Bonchev–Trinajstić information content (AvgIpc) is 2.29. The fraction of sp³-hybridized carbons (Fsp3) is 0.625. The molecule has 1 aromatic rings. The van der Waals surface area contributed by atoms with Gasteiger partial charge in [-0.25, -0.2) is 4.98 Å². The van der Waals surface area contributed by atoms with Gasteiger partial charge in [0.1, 0.15) is 0 Å². The molecule has 2 nitrogen and oxygen atoms in total. The second-order valence-corrected chi connectivity index (χ2v) is 11.1. The van der Waals surface area contributed by atoms with Crippen molar-refractivity contribution < 1.29 is 0 Å². The number of nitrogens with zero attached hydrogens (tertiary/aromatic N) is 2. The number of rotatable bonds is 3. The van der Waals surface area contributed by atoms with Gasteiger partial charge in [-0.15, -0.1) is 0 Å². The predicted molar refractivity (Wildman–Crippen MR) is 57.3 cm³/mol. The SMILES string of the molecule is Cn1ccnc1SC[Si](C)(C)C. The number of hydrogen-bond donors (Lipinski definition) is 0. The van der Waals surface area contributed by atoms with E-state index in [0.717, 1.165) is 5.16 Å². The smallest absolute Gasteiger partial charge is 0.167 e. The van der Waals surface area contributed by atoms with E-state index in [1.807, 2.05) is 31.2 Å². The van der Waals surface area contributed by atoms with E-state index in [1.165, 1.54) is 5.38 Å². The topological polar surface area (TPSA) is 17.8 Å². The second kappa shape index (κ2) is 3.66. The summed E-state index contributed by atoms with van der Waals surface area (Å²) in [7, 11) is 1.11. The molecule has 0 saturated heterocycles. The molecule has 0 aromatic carbocycles. The molecule has 1 heterocycles. The quantitative estimate of drug-likeness (QED) is 0.551. The van der Waals surface area contributed by atoms with Crippen LogP contribution in [-0.4, -0.2) is 23.0 Å². The van der Waals surface area contributed by atoms with E-state index in [0.29, 0.717) is 0 Å². The lowest BCUT2D eigenvalue weighted by Gasteiger charge is -2.14. The maximum absolute atomic E-state index is 4.27. The van der Waals surface area contributed by atoms with Crippen LogP contribution in [0.15, 0.2) is 17.6 Å². The van der Waals surface area contributed by atoms with E-state index in [-0.39, 0.29) is 0 Å². The molecule has 0 spiro atoms. The van der Waals surface area contributed by atoms with Gasteiger partial charge in [0.2, 0.25) is 0 Å². The fourth-order valence-electron chi connectivity index (χ4n) is 0.772. The summed E-state index contributed by atoms with van der Waals surface area (Å²) in [6.45, 7) is 7.13. The van der Waals surface area contributed by atoms with Gasteiger partial charge >= 0.3 is 0 Å². The fourth-order valence-corrected chi connectivity index (χ4v) is 3.42. The summed E-state index contributed by atoms with van der Waals surface area (Å²) in [4.78, 5) is 4.27. The lowest BCUT2D eigenvalue weighted by molar-refractivity contribution is 0.791. The van der Waals surface area contributed by atoms with E-state index in [2.05, 4.69) is 29.2 Å². The van der Waals surface area contributed by atoms with Gasteiger partial charge in [-0.2, -0.15) is 0 Å². The van der Waals surface area contributed by atoms with Gasteiger partial charge in [0.25, 0.3) is 0 Å². The summed E-state index contributed by atoms with van der Waals surface area (Å²) in [5.41, 5.74) is 0. The molecule has 0 fully saturated rings. The Morgan fingerprint density at radius 2 is 2.17 bits per heavy atom. The van der Waals surface area contributed by atoms with Gasteiger partial charge in [0.15, 0.2) is 5.16 Å². The zero-order valence-electron chi connectivity index (χ0n) is 8.16. The van der Waals surface area contributed by atoms with Crippen LogP contribution < -0.4 is 0 Å². The first-order valence-corrected chi connectivity index (χ1v) is 8.78. The van der Waals surface area contributed by atoms with Crippen LogP contribution in [0.1, 0.15) is 0 Å². The molecule has 0 aliphatic rings. The molecular formula is C8H16N2SSi. The highest BCUT2D eigenvalue weighted by atomic mass is 32.2. The van der Waals surface area contributed by atoms with Crippen molar-refractivity contribution in [3.63, 3.8) is 0 Å². The van der Waals surface area contributed by atoms with Crippen LogP contribution >= 0.6 is 11.8 Å². The van der Waals surface area contributed by atoms with E-state index in [9.17, 15) is 0 Å². The van der Waals surface area contributed by atoms with Gasteiger partial charge in [-0.05, 0) is 5.38 Å². The average molecular weight is 200 g/mol. The van der Waals surface area contributed by atoms with Crippen molar-refractivity contribution in [3.8, 4) is 0 Å². The number of thioether (sulfide) groups is 1. The first kappa shape index (κ1) is 9.86. The minimum absolute atomic E-state index is 0.927. The van der Waals surface area contributed by atoms with E-state index in [4.69, 9.17) is 0 Å². The van der Waals surface area contributed by atoms with Crippen LogP contribution in [0.5, 0.6) is 0 Å². The number of aromatic nitrogens is 2. The maximum Gasteiger partial charge on any atom is 0.167 e. The Balaban J connectivity index is 2.49. The van der Waals surface area contributed by atoms with Crippen molar-refractivity contribution in [2.45, 2.75) is 24.8 Å². The summed E-state index contributed by atoms with van der Waals surface area (Å²) < 4.78 is 2.07. The molecule has 0 aliphatic heterocycles. The molecule has 0 radical (unpaired) electrons. The summed E-state index contributed by atoms with van der Waals surface area (Å²) in [6, 6.07) is 0. The Kier molecular flexibility index (Phi) is 3.01. The first-order valence-electron chi connectivity index (χ1n) is 4.09. The van der Waals surface area contributed by atoms with Crippen molar-refractivity contribution in [1.82, 2.24) is 9.55 Å². The normalized spacial score (nSPS) is 12.0. The molecule has 0 atom stereocenters. The van der Waals surface area contributed by atoms with Crippen LogP contribution in [0.3, 0.4) is 0 Å². The first-order chi connectivity index (χ1) is 5.49. The third-order valence-corrected chi connectivity index (χ3v) is 6.10. The Labute approximate surface area is 79.4 Å². The standard InChI is InChI=1S/C8H16N2SSi/c1-10-6-5-9-8(10)11-7-12(2,3)4/h5-6H,7H2,1-4H3. The highest BCUT2D eigenvalue weighted by Gasteiger charge is 2.14. The van der Waals surface area contributed by atoms with E-state index >= 15 is 0 Å². The molecule has 0 unspecified atom stereocenters. The van der Waals surface area contributed by atoms with Crippen LogP contribution in [0, 0.1) is 0 Å². The predicted octanol–water partition coefficient (Wildman–Crippen LogP) is 2.39. The molecule has 0 bridgehead atoms. The molecule has 1 rings (SSSR count). The molecule has 68 valence electrons. The third kappa shape index (κ3) is 3.03. The van der Waals surface area contributed by atoms with Gasteiger partial charge < -0.3 is 4.57 Å². The van der Waals surface area contributed by atoms with Crippen molar-refractivity contribution >= 4 is 19.8 Å². The number of imidazole rings is 1. The van der Waals surface area contributed by atoms with E-state index in [1.54, 1.807) is 0 Å². The van der Waals surface area contributed by atoms with Crippen LogP contribution in [-0.2, 0) is 7.05 Å². The van der Waals surface area contributed by atoms with Crippen LogP contribution in [0.2, 0.25) is 19.6 Å². The van der Waals surface area contributed by atoms with E-state index < -0.39 is 8.07 Å². The van der Waals surface area contributed by atoms with Crippen LogP contribution in [0.4, 0.5) is 0 Å². The summed E-state index contributed by atoms with van der Waals surface area (Å²) in [5.74, 6) is 0. The molecule has 4 heteroatoms.